The van der Waals surface area contributed by atoms with Crippen LogP contribution in [0.4, 0.5) is 26.3 Å². The van der Waals surface area contributed by atoms with Gasteiger partial charge in [-0.05, 0) is 141 Å². The van der Waals surface area contributed by atoms with Gasteiger partial charge in [0, 0.05) is 80.2 Å². The molecule has 2 saturated heterocycles. The molecule has 17 heteroatoms. The van der Waals surface area contributed by atoms with E-state index in [4.69, 9.17) is 19.9 Å². The van der Waals surface area contributed by atoms with Gasteiger partial charge in [0.1, 0.15) is 28.7 Å². The normalized spacial score (nSPS) is 14.3. The first-order chi connectivity index (χ1) is 34.7. The fraction of sp³-hybridized carbons (Fsp3) is 0.236. The first-order valence-corrected chi connectivity index (χ1v) is 23.4. The molecular formula is C55H50F6N8O3. The molecule has 0 N–H and O–H groups in total. The van der Waals surface area contributed by atoms with Crippen molar-refractivity contribution in [2.45, 2.75) is 20.2 Å². The van der Waals surface area contributed by atoms with E-state index in [9.17, 15) is 35.9 Å². The van der Waals surface area contributed by atoms with Crippen molar-refractivity contribution in [2.75, 3.05) is 66.5 Å². The fourth-order valence-electron chi connectivity index (χ4n) is 8.25. The summed E-state index contributed by atoms with van der Waals surface area (Å²) in [6.45, 7) is 9.77. The molecule has 4 heterocycles. The van der Waals surface area contributed by atoms with Crippen molar-refractivity contribution in [3.63, 3.8) is 0 Å². The molecule has 0 spiro atoms. The molecule has 0 unspecified atom stereocenters. The molecule has 11 nitrogen and oxygen atoms in total. The van der Waals surface area contributed by atoms with Gasteiger partial charge in [-0.1, -0.05) is 19.9 Å². The van der Waals surface area contributed by atoms with Gasteiger partial charge in [0.2, 0.25) is 0 Å². The van der Waals surface area contributed by atoms with Gasteiger partial charge in [0.25, 0.3) is 11.8 Å². The van der Waals surface area contributed by atoms with E-state index in [1.807, 2.05) is 38.9 Å². The Morgan fingerprint density at radius 2 is 0.875 bits per heavy atom. The highest BCUT2D eigenvalue weighted by molar-refractivity contribution is 6.06. The first kappa shape index (κ1) is 50.6. The van der Waals surface area contributed by atoms with Crippen LogP contribution in [0.3, 0.4) is 0 Å². The summed E-state index contributed by atoms with van der Waals surface area (Å²) < 4.78 is 82.5. The maximum absolute atomic E-state index is 13.6. The number of halogens is 6. The largest absolute Gasteiger partial charge is 0.573 e. The maximum atomic E-state index is 13.6. The Morgan fingerprint density at radius 3 is 1.33 bits per heavy atom. The van der Waals surface area contributed by atoms with Crippen LogP contribution in [0.5, 0.6) is 5.75 Å². The number of rotatable bonds is 7. The number of benzene rings is 6. The summed E-state index contributed by atoms with van der Waals surface area (Å²) in [5, 5.41) is 0. The third-order valence-corrected chi connectivity index (χ3v) is 12.1. The lowest BCUT2D eigenvalue weighted by Gasteiger charge is -2.32. The highest BCUT2D eigenvalue weighted by Crippen LogP contribution is 2.35. The highest BCUT2D eigenvalue weighted by Gasteiger charge is 2.31. The van der Waals surface area contributed by atoms with Gasteiger partial charge in [-0.15, -0.1) is 13.2 Å². The fourth-order valence-corrected chi connectivity index (χ4v) is 8.25. The second-order valence-electron chi connectivity index (χ2n) is 17.0. The Balaban J connectivity index is 0.000000187. The van der Waals surface area contributed by atoms with Crippen LogP contribution in [0.1, 0.15) is 34.6 Å². The predicted octanol–water partition coefficient (Wildman–Crippen LogP) is 11.0. The van der Waals surface area contributed by atoms with Crippen LogP contribution >= 0.6 is 0 Å². The van der Waals surface area contributed by atoms with E-state index >= 15 is 0 Å². The third kappa shape index (κ3) is 11.9. The van der Waals surface area contributed by atoms with Crippen LogP contribution in [-0.4, -0.2) is 124 Å². The number of nitrogens with zero attached hydrogens (tertiary/aromatic N) is 8. The van der Waals surface area contributed by atoms with E-state index in [1.165, 1.54) is 60.7 Å². The number of hydrogen-bond donors (Lipinski definition) is 0. The predicted molar refractivity (Wildman–Crippen MR) is 266 cm³/mol. The zero-order chi connectivity index (χ0) is 51.1. The molecule has 0 atom stereocenters. The number of alkyl halides is 3. The second-order valence-corrected chi connectivity index (χ2v) is 17.0. The molecule has 0 bridgehead atoms. The van der Waals surface area contributed by atoms with Crippen LogP contribution in [0, 0.1) is 17.5 Å². The third-order valence-electron chi connectivity index (χ3n) is 12.1. The van der Waals surface area contributed by atoms with Gasteiger partial charge < -0.3 is 24.3 Å². The van der Waals surface area contributed by atoms with Crippen molar-refractivity contribution in [3.05, 3.63) is 162 Å². The molecular weight excluding hydrogens is 935 g/mol. The Labute approximate surface area is 412 Å². The number of amides is 2. The number of aromatic nitrogens is 4. The zero-order valence-corrected chi connectivity index (χ0v) is 39.9. The van der Waals surface area contributed by atoms with E-state index in [-0.39, 0.29) is 29.2 Å². The van der Waals surface area contributed by atoms with E-state index in [0.717, 1.165) is 26.2 Å². The maximum Gasteiger partial charge on any atom is 0.573 e. The molecule has 2 aliphatic rings. The quantitative estimate of drug-likeness (QED) is 0.144. The monoisotopic (exact) mass is 984 g/mol. The molecule has 10 rings (SSSR count). The Hall–Kier alpha value is -7.76. The average molecular weight is 985 g/mol. The second kappa shape index (κ2) is 22.1. The van der Waals surface area contributed by atoms with Crippen LogP contribution < -0.4 is 4.74 Å². The first-order valence-electron chi connectivity index (χ1n) is 23.4. The van der Waals surface area contributed by atoms with E-state index in [0.29, 0.717) is 104 Å². The molecule has 0 radical (unpaired) electrons. The molecule has 2 aromatic heterocycles. The minimum absolute atomic E-state index is 0.0809. The summed E-state index contributed by atoms with van der Waals surface area (Å²) in [6.07, 6.45) is -4.81. The Kier molecular flexibility index (Phi) is 15.6. The van der Waals surface area contributed by atoms with Crippen LogP contribution in [0.2, 0.25) is 0 Å². The molecule has 370 valence electrons. The smallest absolute Gasteiger partial charge is 0.406 e. The minimum Gasteiger partial charge on any atom is -0.406 e. The van der Waals surface area contributed by atoms with E-state index in [1.54, 1.807) is 71.6 Å². The lowest BCUT2D eigenvalue weighted by Crippen LogP contribution is -2.47. The topological polar surface area (TPSA) is 108 Å². The number of likely N-dealkylation sites (N-methyl/N-ethyl adjacent to an activating group) is 2. The van der Waals surface area contributed by atoms with Crippen LogP contribution in [0.25, 0.3) is 67.1 Å². The van der Waals surface area contributed by atoms with Gasteiger partial charge in [-0.25, -0.2) is 33.1 Å². The summed E-state index contributed by atoms with van der Waals surface area (Å²) in [5.74, 6) is -1.68. The lowest BCUT2D eigenvalue weighted by atomic mass is 10.0. The number of fused-ring (bicyclic) bond motifs is 2. The number of carbonyl (C=O) groups excluding carboxylic acids is 2. The number of piperazine rings is 2. The molecule has 0 saturated carbocycles. The van der Waals surface area contributed by atoms with Gasteiger partial charge in [-0.3, -0.25) is 9.59 Å². The molecule has 2 aliphatic heterocycles. The number of ether oxygens (including phenoxy) is 1. The molecule has 0 aliphatic carbocycles. The summed E-state index contributed by atoms with van der Waals surface area (Å²) >= 11 is 0. The molecule has 8 aromatic rings. The number of hydrogen-bond acceptors (Lipinski definition) is 9. The van der Waals surface area contributed by atoms with Gasteiger partial charge in [0.05, 0.1) is 44.9 Å². The summed E-state index contributed by atoms with van der Waals surface area (Å²) in [7, 11) is 4.05. The summed E-state index contributed by atoms with van der Waals surface area (Å²) in [5.41, 5.74) is 7.26. The van der Waals surface area contributed by atoms with Crippen molar-refractivity contribution in [2.24, 2.45) is 0 Å². The van der Waals surface area contributed by atoms with E-state index in [2.05, 4.69) is 14.5 Å². The highest BCUT2D eigenvalue weighted by atomic mass is 19.4. The molecule has 2 amide bonds. The zero-order valence-electron chi connectivity index (χ0n) is 39.9. The lowest BCUT2D eigenvalue weighted by molar-refractivity contribution is -0.274. The molecule has 6 aromatic carbocycles. The number of para-hydroxylation sites is 1. The average Bonchev–Trinajstić information content (AvgIpc) is 3.39. The Bertz CT molecular complexity index is 3180. The SMILES string of the molecule is CC.CN1CCN(C(=O)c2ccc3nc(-c4ccc(F)cc4)c(-c4ccc(OC(F)(F)F)cc4)nc3c2)CC1.CN1CCN(C(=O)c2cccc3nc(-c4ccc(F)cc4)c(-c4ccc(F)cc4)nc23)CC1. The van der Waals surface area contributed by atoms with Gasteiger partial charge in [0.15, 0.2) is 0 Å². The molecule has 2 fully saturated rings. The van der Waals surface area contributed by atoms with Crippen LogP contribution in [0.15, 0.2) is 133 Å². The standard InChI is InChI=1S/C27H22F4N4O2.C26H22F2N4O.C2H6/c1-34-12-14-35(15-13-34)26(36)19-6-11-22-23(16-19)33-25(24(32-22)17-2-7-20(28)8-3-17)18-4-9-21(10-5-18)37-27(29,30)31;1-31-13-15-32(16-14-31)26(33)21-3-2-4-22-25(21)30-24(18-7-11-20(28)12-8-18)23(29-22)17-5-9-19(27)10-6-17;1-2/h2-11,16H,12-15H2,1H3;2-12H,13-16H2,1H3;1-2H3. The Morgan fingerprint density at radius 1 is 0.472 bits per heavy atom. The van der Waals surface area contributed by atoms with Crippen molar-refractivity contribution < 1.29 is 40.7 Å². The van der Waals surface area contributed by atoms with Crippen molar-refractivity contribution in [1.82, 2.24) is 39.5 Å². The molecule has 72 heavy (non-hydrogen) atoms. The van der Waals surface area contributed by atoms with Crippen molar-refractivity contribution in [3.8, 4) is 50.8 Å². The van der Waals surface area contributed by atoms with Crippen LogP contribution in [-0.2, 0) is 0 Å². The summed E-state index contributed by atoms with van der Waals surface area (Å²) in [6, 6.07) is 33.4. The van der Waals surface area contributed by atoms with Crippen molar-refractivity contribution >= 4 is 33.9 Å². The van der Waals surface area contributed by atoms with Gasteiger partial charge in [-0.2, -0.15) is 0 Å². The summed E-state index contributed by atoms with van der Waals surface area (Å²) in [4.78, 5) is 53.6. The van der Waals surface area contributed by atoms with Gasteiger partial charge >= 0.3 is 6.36 Å². The number of carbonyl (C=O) groups is 2. The minimum atomic E-state index is -4.81. The van der Waals surface area contributed by atoms with Crippen molar-refractivity contribution in [1.29, 1.82) is 0 Å². The van der Waals surface area contributed by atoms with E-state index < -0.39 is 12.2 Å².